The molecule has 0 saturated heterocycles. The number of rotatable bonds is 0. The Labute approximate surface area is 71.3 Å². The van der Waals surface area contributed by atoms with Crippen LogP contribution in [0.5, 0.6) is 0 Å². The van der Waals surface area contributed by atoms with Crippen molar-refractivity contribution in [3.63, 3.8) is 0 Å². The zero-order chi connectivity index (χ0) is 8.23. The van der Waals surface area contributed by atoms with Gasteiger partial charge in [0.15, 0.2) is 0 Å². The van der Waals surface area contributed by atoms with Crippen molar-refractivity contribution >= 4 is 6.21 Å². The molecule has 0 fully saturated rings. The van der Waals surface area contributed by atoms with Crippen LogP contribution >= 0.6 is 0 Å². The predicted molar refractivity (Wildman–Crippen MR) is 48.9 cm³/mol. The van der Waals surface area contributed by atoms with Crippen molar-refractivity contribution < 1.29 is 4.74 Å². The van der Waals surface area contributed by atoms with Gasteiger partial charge in [0.2, 0.25) is 0 Å². The number of aliphatic imine (C=N–C) groups is 1. The van der Waals surface area contributed by atoms with Crippen molar-refractivity contribution in [3.05, 3.63) is 48.0 Å². The van der Waals surface area contributed by atoms with E-state index < -0.39 is 0 Å². The minimum Gasteiger partial charge on any atom is -0.473 e. The second kappa shape index (κ2) is 3.22. The van der Waals surface area contributed by atoms with Crippen LogP contribution in [-0.2, 0) is 4.74 Å². The third kappa shape index (κ3) is 1.37. The number of dihydropyridines is 1. The molecule has 12 heavy (non-hydrogen) atoms. The lowest BCUT2D eigenvalue weighted by atomic mass is 10.0. The van der Waals surface area contributed by atoms with Crippen LogP contribution in [0.3, 0.4) is 0 Å². The van der Waals surface area contributed by atoms with Crippen LogP contribution in [0.1, 0.15) is 0 Å². The van der Waals surface area contributed by atoms with E-state index in [9.17, 15) is 0 Å². The summed E-state index contributed by atoms with van der Waals surface area (Å²) in [5, 5.41) is 0. The molecule has 2 aliphatic rings. The van der Waals surface area contributed by atoms with Gasteiger partial charge in [-0.05, 0) is 29.4 Å². The molecule has 0 saturated carbocycles. The Balaban J connectivity index is 2.39. The van der Waals surface area contributed by atoms with Crippen molar-refractivity contribution in [1.82, 2.24) is 0 Å². The Morgan fingerprint density at radius 1 is 1.25 bits per heavy atom. The van der Waals surface area contributed by atoms with E-state index in [-0.39, 0.29) is 0 Å². The van der Waals surface area contributed by atoms with Crippen LogP contribution in [0.15, 0.2) is 53.0 Å². The summed E-state index contributed by atoms with van der Waals surface area (Å²) in [5.41, 5.74) is 2.41. The summed E-state index contributed by atoms with van der Waals surface area (Å²) < 4.78 is 5.03. The molecule has 0 radical (unpaired) electrons. The van der Waals surface area contributed by atoms with Gasteiger partial charge in [-0.15, -0.1) is 0 Å². The van der Waals surface area contributed by atoms with Crippen molar-refractivity contribution in [3.8, 4) is 0 Å². The van der Waals surface area contributed by atoms with Crippen LogP contribution in [-0.4, -0.2) is 12.8 Å². The summed E-state index contributed by atoms with van der Waals surface area (Å²) in [4.78, 5) is 4.16. The van der Waals surface area contributed by atoms with E-state index in [4.69, 9.17) is 4.74 Å². The molecule has 2 aliphatic heterocycles. The highest BCUT2D eigenvalue weighted by Gasteiger charge is 2.03. The fourth-order valence-corrected chi connectivity index (χ4v) is 1.15. The lowest BCUT2D eigenvalue weighted by Crippen LogP contribution is -1.98. The quantitative estimate of drug-likeness (QED) is 0.529. The number of fused-ring (bicyclic) bond motifs is 1. The number of ether oxygens (including phenoxy) is 1. The van der Waals surface area contributed by atoms with Crippen molar-refractivity contribution in [2.75, 3.05) is 6.54 Å². The van der Waals surface area contributed by atoms with E-state index in [0.717, 1.165) is 6.54 Å². The molecule has 0 amide bonds. The van der Waals surface area contributed by atoms with Crippen molar-refractivity contribution in [2.24, 2.45) is 4.99 Å². The van der Waals surface area contributed by atoms with Crippen molar-refractivity contribution in [2.45, 2.75) is 0 Å². The van der Waals surface area contributed by atoms with Crippen molar-refractivity contribution in [1.29, 1.82) is 0 Å². The molecule has 0 aliphatic carbocycles. The number of nitrogens with zero attached hydrogens (tertiary/aromatic N) is 1. The lowest BCUT2D eigenvalue weighted by molar-refractivity contribution is 0.402. The minimum atomic E-state index is 0.764. The number of hydrogen-bond donors (Lipinski definition) is 0. The Bertz CT molecular complexity index is 319. The van der Waals surface area contributed by atoms with Gasteiger partial charge in [0, 0.05) is 6.21 Å². The Morgan fingerprint density at radius 3 is 3.25 bits per heavy atom. The lowest BCUT2D eigenvalue weighted by Gasteiger charge is -2.09. The van der Waals surface area contributed by atoms with Crippen LogP contribution < -0.4 is 0 Å². The molecule has 0 atom stereocenters. The van der Waals surface area contributed by atoms with E-state index in [1.165, 1.54) is 11.1 Å². The third-order valence-electron chi connectivity index (χ3n) is 1.77. The smallest absolute Gasteiger partial charge is 0.0907 e. The average molecular weight is 159 g/mol. The number of hydrogen-bond acceptors (Lipinski definition) is 2. The molecule has 0 aromatic carbocycles. The second-order valence-electron chi connectivity index (χ2n) is 2.57. The molecule has 0 aromatic heterocycles. The van der Waals surface area contributed by atoms with E-state index in [2.05, 4.69) is 4.99 Å². The zero-order valence-corrected chi connectivity index (χ0v) is 6.60. The summed E-state index contributed by atoms with van der Waals surface area (Å²) >= 11 is 0. The Morgan fingerprint density at radius 2 is 2.25 bits per heavy atom. The first-order chi connectivity index (χ1) is 5.97. The molecule has 0 unspecified atom stereocenters. The highest BCUT2D eigenvalue weighted by atomic mass is 16.5. The predicted octanol–water partition coefficient (Wildman–Crippen LogP) is 1.98. The van der Waals surface area contributed by atoms with Crippen LogP contribution in [0.2, 0.25) is 0 Å². The summed E-state index contributed by atoms with van der Waals surface area (Å²) in [7, 11) is 0. The Hall–Kier alpha value is -1.57. The van der Waals surface area contributed by atoms with Gasteiger partial charge < -0.3 is 4.74 Å². The highest BCUT2D eigenvalue weighted by Crippen LogP contribution is 2.16. The minimum absolute atomic E-state index is 0.764. The van der Waals surface area contributed by atoms with Gasteiger partial charge in [0.1, 0.15) is 0 Å². The summed E-state index contributed by atoms with van der Waals surface area (Å²) in [6, 6.07) is 0. The Kier molecular flexibility index (Phi) is 1.90. The topological polar surface area (TPSA) is 21.6 Å². The molecular weight excluding hydrogens is 150 g/mol. The SMILES string of the molecule is C1=NC/C2=C/C=C\O/C=C\C2=C1. The summed E-state index contributed by atoms with van der Waals surface area (Å²) in [5.74, 6) is 0. The molecule has 0 aromatic rings. The normalized spacial score (nSPS) is 29.7. The van der Waals surface area contributed by atoms with Gasteiger partial charge in [-0.25, -0.2) is 0 Å². The molecule has 60 valence electrons. The maximum absolute atomic E-state index is 5.03. The second-order valence-corrected chi connectivity index (χ2v) is 2.57. The van der Waals surface area contributed by atoms with Gasteiger partial charge in [-0.1, -0.05) is 6.08 Å². The van der Waals surface area contributed by atoms with Gasteiger partial charge in [0.05, 0.1) is 19.1 Å². The average Bonchev–Trinajstić information content (AvgIpc) is 2.06. The maximum Gasteiger partial charge on any atom is 0.0907 e. The maximum atomic E-state index is 5.03. The highest BCUT2D eigenvalue weighted by molar-refractivity contribution is 5.77. The van der Waals surface area contributed by atoms with Gasteiger partial charge in [-0.3, -0.25) is 4.99 Å². The molecule has 0 spiro atoms. The largest absolute Gasteiger partial charge is 0.473 e. The molecule has 2 heterocycles. The zero-order valence-electron chi connectivity index (χ0n) is 6.60. The number of allylic oxidation sites excluding steroid dienone is 4. The molecule has 2 heteroatoms. The third-order valence-corrected chi connectivity index (χ3v) is 1.77. The van der Waals surface area contributed by atoms with Crippen LogP contribution in [0.4, 0.5) is 0 Å². The van der Waals surface area contributed by atoms with E-state index in [0.29, 0.717) is 0 Å². The summed E-state index contributed by atoms with van der Waals surface area (Å²) in [6.45, 7) is 0.764. The molecule has 2 nitrogen and oxygen atoms in total. The van der Waals surface area contributed by atoms with E-state index >= 15 is 0 Å². The van der Waals surface area contributed by atoms with Gasteiger partial charge in [-0.2, -0.15) is 0 Å². The van der Waals surface area contributed by atoms with E-state index in [1.54, 1.807) is 12.5 Å². The fraction of sp³-hybridized carbons (Fsp3) is 0.100. The van der Waals surface area contributed by atoms with Crippen LogP contribution in [0.25, 0.3) is 0 Å². The first kappa shape index (κ1) is 7.10. The molecule has 0 bridgehead atoms. The molecule has 0 N–H and O–H groups in total. The molecular formula is C10H9NO. The fourth-order valence-electron chi connectivity index (χ4n) is 1.15. The summed E-state index contributed by atoms with van der Waals surface area (Å²) in [6.07, 6.45) is 13.0. The first-order valence-electron chi connectivity index (χ1n) is 3.85. The van der Waals surface area contributed by atoms with Gasteiger partial charge >= 0.3 is 0 Å². The van der Waals surface area contributed by atoms with Crippen LogP contribution in [0, 0.1) is 0 Å². The van der Waals surface area contributed by atoms with Gasteiger partial charge in [0.25, 0.3) is 0 Å². The van der Waals surface area contributed by atoms with E-state index in [1.807, 2.05) is 30.5 Å². The molecule has 2 rings (SSSR count). The first-order valence-corrected chi connectivity index (χ1v) is 3.85. The monoisotopic (exact) mass is 159 g/mol. The standard InChI is InChI=1S/C10H9NO/c1-2-10-8-11-5-3-9(10)4-7-12-6-1/h1-7H,8H2/b6-1-,7-4-,10-2-.